The van der Waals surface area contributed by atoms with E-state index in [1.165, 1.54) is 36.8 Å². The molecule has 1 aromatic carbocycles. The molecule has 2 aromatic rings. The van der Waals surface area contributed by atoms with E-state index >= 15 is 0 Å². The minimum Gasteiger partial charge on any atom is -0.490 e. The van der Waals surface area contributed by atoms with Gasteiger partial charge in [-0.05, 0) is 51.2 Å². The molecule has 154 valence electrons. The molecule has 5 nitrogen and oxygen atoms in total. The van der Waals surface area contributed by atoms with Crippen LogP contribution in [0.25, 0.3) is 0 Å². The van der Waals surface area contributed by atoms with Gasteiger partial charge < -0.3 is 15.4 Å². The molecule has 0 amide bonds. The highest BCUT2D eigenvalue weighted by atomic mass is 127. The summed E-state index contributed by atoms with van der Waals surface area (Å²) in [4.78, 5) is 8.82. The lowest BCUT2D eigenvalue weighted by atomic mass is 10.1. The second-order valence-corrected chi connectivity index (χ2v) is 8.16. The van der Waals surface area contributed by atoms with Crippen molar-refractivity contribution in [3.8, 4) is 5.75 Å². The van der Waals surface area contributed by atoms with E-state index in [0.29, 0.717) is 12.6 Å². The minimum atomic E-state index is 0. The molecule has 0 saturated heterocycles. The summed E-state index contributed by atoms with van der Waals surface area (Å²) in [5.74, 6) is 1.80. The molecule has 1 fully saturated rings. The van der Waals surface area contributed by atoms with E-state index < -0.39 is 0 Å². The van der Waals surface area contributed by atoms with Crippen molar-refractivity contribution in [3.63, 3.8) is 0 Å². The number of hydrogen-bond acceptors (Lipinski definition) is 4. The van der Waals surface area contributed by atoms with Crippen LogP contribution in [-0.2, 0) is 13.0 Å². The smallest absolute Gasteiger partial charge is 0.191 e. The summed E-state index contributed by atoms with van der Waals surface area (Å²) in [5.41, 5.74) is 3.53. The van der Waals surface area contributed by atoms with Crippen molar-refractivity contribution in [1.82, 2.24) is 15.6 Å². The van der Waals surface area contributed by atoms with Gasteiger partial charge in [-0.15, -0.1) is 35.3 Å². The monoisotopic (exact) mass is 514 g/mol. The highest BCUT2D eigenvalue weighted by Crippen LogP contribution is 2.27. The van der Waals surface area contributed by atoms with Crippen LogP contribution in [0.4, 0.5) is 0 Å². The lowest BCUT2D eigenvalue weighted by molar-refractivity contribution is 0.207. The highest BCUT2D eigenvalue weighted by Gasteiger charge is 2.18. The van der Waals surface area contributed by atoms with Crippen molar-refractivity contribution in [2.24, 2.45) is 4.99 Å². The number of ether oxygens (including phenoxy) is 1. The summed E-state index contributed by atoms with van der Waals surface area (Å²) in [6.45, 7) is 5.65. The molecule has 7 heteroatoms. The van der Waals surface area contributed by atoms with Gasteiger partial charge in [-0.3, -0.25) is 4.99 Å². The maximum atomic E-state index is 6.29. The van der Waals surface area contributed by atoms with Crippen LogP contribution in [0.5, 0.6) is 5.75 Å². The number of guanidine groups is 1. The van der Waals surface area contributed by atoms with Gasteiger partial charge in [0.25, 0.3) is 0 Å². The number of aryl methyl sites for hydroxylation is 2. The first-order chi connectivity index (χ1) is 13.1. The first-order valence-electron chi connectivity index (χ1n) is 9.76. The normalized spacial score (nSPS) is 14.6. The molecule has 0 radical (unpaired) electrons. The topological polar surface area (TPSA) is 58.5 Å². The molecule has 1 saturated carbocycles. The molecule has 1 heterocycles. The standard InChI is InChI=1S/C21H30N4OS.HI/c1-15-8-9-17(20(12-15)26-19-6-4-5-7-19)13-24-21(22-3)23-11-10-18-14-27-16(2)25-18;/h8-9,12,14,19H,4-7,10-11,13H2,1-3H3,(H2,22,23,24);1H. The van der Waals surface area contributed by atoms with E-state index in [-0.39, 0.29) is 24.0 Å². The largest absolute Gasteiger partial charge is 0.490 e. The summed E-state index contributed by atoms with van der Waals surface area (Å²) in [6, 6.07) is 6.44. The van der Waals surface area contributed by atoms with Crippen LogP contribution < -0.4 is 15.4 Å². The van der Waals surface area contributed by atoms with E-state index in [0.717, 1.165) is 35.4 Å². The van der Waals surface area contributed by atoms with E-state index in [1.807, 2.05) is 6.92 Å². The number of aromatic nitrogens is 1. The molecule has 1 aliphatic rings. The van der Waals surface area contributed by atoms with Crippen LogP contribution in [-0.4, -0.2) is 30.6 Å². The molecular weight excluding hydrogens is 483 g/mol. The quantitative estimate of drug-likeness (QED) is 0.322. The lowest BCUT2D eigenvalue weighted by Crippen LogP contribution is -2.38. The molecule has 2 N–H and O–H groups in total. The van der Waals surface area contributed by atoms with Crippen molar-refractivity contribution in [1.29, 1.82) is 0 Å². The van der Waals surface area contributed by atoms with Crippen LogP contribution in [0.1, 0.15) is 47.5 Å². The molecule has 3 rings (SSSR count). The Morgan fingerprint density at radius 2 is 2.04 bits per heavy atom. The number of hydrogen-bond donors (Lipinski definition) is 2. The maximum absolute atomic E-state index is 6.29. The zero-order valence-corrected chi connectivity index (χ0v) is 20.1. The summed E-state index contributed by atoms with van der Waals surface area (Å²) in [5, 5.41) is 10.00. The average molecular weight is 514 g/mol. The van der Waals surface area contributed by atoms with E-state index in [1.54, 1.807) is 18.4 Å². The van der Waals surface area contributed by atoms with Crippen LogP contribution >= 0.6 is 35.3 Å². The van der Waals surface area contributed by atoms with Gasteiger partial charge in [-0.25, -0.2) is 4.98 Å². The average Bonchev–Trinajstić information content (AvgIpc) is 3.31. The van der Waals surface area contributed by atoms with Crippen LogP contribution in [0.15, 0.2) is 28.6 Å². The number of benzene rings is 1. The third-order valence-electron chi connectivity index (χ3n) is 4.83. The fraction of sp³-hybridized carbons (Fsp3) is 0.524. The number of rotatable bonds is 7. The van der Waals surface area contributed by atoms with Crippen molar-refractivity contribution < 1.29 is 4.74 Å². The van der Waals surface area contributed by atoms with E-state index in [2.05, 4.69) is 51.1 Å². The van der Waals surface area contributed by atoms with Gasteiger partial charge in [0.05, 0.1) is 16.8 Å². The van der Waals surface area contributed by atoms with Gasteiger partial charge in [-0.2, -0.15) is 0 Å². The van der Waals surface area contributed by atoms with Crippen molar-refractivity contribution in [2.45, 2.75) is 58.6 Å². The molecule has 0 atom stereocenters. The summed E-state index contributed by atoms with van der Waals surface area (Å²) in [6.07, 6.45) is 6.15. The highest BCUT2D eigenvalue weighted by molar-refractivity contribution is 14.0. The number of thiazole rings is 1. The molecule has 28 heavy (non-hydrogen) atoms. The second kappa shape index (κ2) is 11.6. The molecule has 0 bridgehead atoms. The molecule has 1 aliphatic carbocycles. The van der Waals surface area contributed by atoms with Gasteiger partial charge in [-0.1, -0.05) is 12.1 Å². The molecule has 0 unspecified atom stereocenters. The summed E-state index contributed by atoms with van der Waals surface area (Å²) < 4.78 is 6.29. The van der Waals surface area contributed by atoms with Crippen LogP contribution in [0.3, 0.4) is 0 Å². The summed E-state index contributed by atoms with van der Waals surface area (Å²) >= 11 is 1.69. The van der Waals surface area contributed by atoms with Crippen LogP contribution in [0, 0.1) is 13.8 Å². The molecular formula is C21H31IN4OS. The van der Waals surface area contributed by atoms with Crippen molar-refractivity contribution in [3.05, 3.63) is 45.4 Å². The first kappa shape index (κ1) is 22.9. The van der Waals surface area contributed by atoms with Gasteiger partial charge in [0.15, 0.2) is 5.96 Å². The first-order valence-corrected chi connectivity index (χ1v) is 10.6. The zero-order valence-electron chi connectivity index (χ0n) is 17.0. The minimum absolute atomic E-state index is 0. The fourth-order valence-electron chi connectivity index (χ4n) is 3.33. The van der Waals surface area contributed by atoms with Gasteiger partial charge in [0.1, 0.15) is 5.75 Å². The lowest BCUT2D eigenvalue weighted by Gasteiger charge is -2.18. The SMILES string of the molecule is CN=C(NCCc1csc(C)n1)NCc1ccc(C)cc1OC1CCCC1.I. The van der Waals surface area contributed by atoms with Gasteiger partial charge >= 0.3 is 0 Å². The van der Waals surface area contributed by atoms with E-state index in [4.69, 9.17) is 4.74 Å². The predicted molar refractivity (Wildman–Crippen MR) is 128 cm³/mol. The Bertz CT molecular complexity index is 772. The zero-order chi connectivity index (χ0) is 19.1. The van der Waals surface area contributed by atoms with Crippen molar-refractivity contribution in [2.75, 3.05) is 13.6 Å². The number of halogens is 1. The fourth-order valence-corrected chi connectivity index (χ4v) is 3.98. The second-order valence-electron chi connectivity index (χ2n) is 7.10. The Morgan fingerprint density at radius 1 is 1.25 bits per heavy atom. The van der Waals surface area contributed by atoms with Crippen molar-refractivity contribution >= 4 is 41.3 Å². The van der Waals surface area contributed by atoms with Crippen LogP contribution in [0.2, 0.25) is 0 Å². The maximum Gasteiger partial charge on any atom is 0.191 e. The van der Waals surface area contributed by atoms with E-state index in [9.17, 15) is 0 Å². The molecule has 0 spiro atoms. The number of nitrogens with one attached hydrogen (secondary N) is 2. The van der Waals surface area contributed by atoms with Gasteiger partial charge in [0, 0.05) is 37.5 Å². The molecule has 1 aromatic heterocycles. The Hall–Kier alpha value is -1.35. The Balaban J connectivity index is 0.00000280. The predicted octanol–water partition coefficient (Wildman–Crippen LogP) is 4.61. The molecule has 0 aliphatic heterocycles. The Kier molecular flexibility index (Phi) is 9.50. The number of aliphatic imine (C=N–C) groups is 1. The Labute approximate surface area is 189 Å². The number of nitrogens with zero attached hydrogens (tertiary/aromatic N) is 2. The Morgan fingerprint density at radius 3 is 2.71 bits per heavy atom. The van der Waals surface area contributed by atoms with Gasteiger partial charge in [0.2, 0.25) is 0 Å². The third-order valence-corrected chi connectivity index (χ3v) is 5.65. The summed E-state index contributed by atoms with van der Waals surface area (Å²) in [7, 11) is 1.80. The third kappa shape index (κ3) is 6.92.